The molecule has 0 saturated carbocycles. The largest absolute Gasteiger partial charge is 0.441 e. The van der Waals surface area contributed by atoms with Crippen LogP contribution in [0.25, 0.3) is 22.2 Å². The Bertz CT molecular complexity index is 566. The Morgan fingerprint density at radius 1 is 1.00 bits per heavy atom. The highest BCUT2D eigenvalue weighted by atomic mass is 16.4. The molecule has 0 amide bonds. The molecule has 1 aromatic carbocycles. The molecule has 0 spiro atoms. The maximum Gasteiger partial charge on any atom is 0.192 e. The molecule has 3 aromatic rings. The number of benzene rings is 1. The van der Waals surface area contributed by atoms with E-state index in [9.17, 15) is 0 Å². The van der Waals surface area contributed by atoms with Gasteiger partial charge in [-0.15, -0.1) is 0 Å². The van der Waals surface area contributed by atoms with Gasteiger partial charge in [-0.3, -0.25) is 0 Å². The van der Waals surface area contributed by atoms with Crippen molar-refractivity contribution >= 4 is 22.2 Å². The topological polar surface area (TPSA) is 52.1 Å². The van der Waals surface area contributed by atoms with Gasteiger partial charge in [0, 0.05) is 13.8 Å². The van der Waals surface area contributed by atoms with Crippen LogP contribution < -0.4 is 0 Å². The second-order valence-electron chi connectivity index (χ2n) is 3.23. The highest BCUT2D eigenvalue weighted by Gasteiger charge is 2.11. The van der Waals surface area contributed by atoms with Gasteiger partial charge in [0.05, 0.1) is 0 Å². The maximum absolute atomic E-state index is 5.46. The molecule has 0 N–H and O–H groups in total. The second-order valence-corrected chi connectivity index (χ2v) is 3.23. The van der Waals surface area contributed by atoms with Gasteiger partial charge in [0.1, 0.15) is 5.52 Å². The molecule has 0 aliphatic rings. The van der Waals surface area contributed by atoms with Crippen LogP contribution in [0.4, 0.5) is 0 Å². The molecule has 0 bridgehead atoms. The maximum atomic E-state index is 5.46. The molecular formula is C10H8N2O2. The van der Waals surface area contributed by atoms with Gasteiger partial charge in [0.2, 0.25) is 0 Å². The number of oxazole rings is 2. The van der Waals surface area contributed by atoms with E-state index in [4.69, 9.17) is 8.83 Å². The van der Waals surface area contributed by atoms with Crippen LogP contribution in [0.2, 0.25) is 0 Å². The van der Waals surface area contributed by atoms with Crippen LogP contribution >= 0.6 is 0 Å². The molecule has 70 valence electrons. The molecular weight excluding hydrogens is 180 g/mol. The summed E-state index contributed by atoms with van der Waals surface area (Å²) in [5.41, 5.74) is 3.02. The molecule has 0 fully saturated rings. The molecule has 4 heteroatoms. The first-order valence-corrected chi connectivity index (χ1v) is 4.37. The lowest BCUT2D eigenvalue weighted by Crippen LogP contribution is -1.71. The van der Waals surface area contributed by atoms with E-state index in [0.717, 1.165) is 16.6 Å². The van der Waals surface area contributed by atoms with Crippen molar-refractivity contribution in [2.75, 3.05) is 0 Å². The minimum Gasteiger partial charge on any atom is -0.441 e. The van der Waals surface area contributed by atoms with Crippen molar-refractivity contribution in [2.24, 2.45) is 0 Å². The third-order valence-corrected chi connectivity index (χ3v) is 2.13. The van der Waals surface area contributed by atoms with Crippen LogP contribution in [0.5, 0.6) is 0 Å². The van der Waals surface area contributed by atoms with Crippen molar-refractivity contribution in [3.05, 3.63) is 23.9 Å². The fourth-order valence-corrected chi connectivity index (χ4v) is 1.60. The Balaban J connectivity index is 2.58. The molecule has 0 aliphatic carbocycles. The lowest BCUT2D eigenvalue weighted by atomic mass is 10.3. The molecule has 3 rings (SSSR count). The van der Waals surface area contributed by atoms with E-state index in [2.05, 4.69) is 9.97 Å². The average Bonchev–Trinajstić information content (AvgIpc) is 2.65. The van der Waals surface area contributed by atoms with Gasteiger partial charge < -0.3 is 8.83 Å². The van der Waals surface area contributed by atoms with Gasteiger partial charge >= 0.3 is 0 Å². The summed E-state index contributed by atoms with van der Waals surface area (Å²) < 4.78 is 10.8. The number of aryl methyl sites for hydroxylation is 2. The summed E-state index contributed by atoms with van der Waals surface area (Å²) in [5.74, 6) is 1.29. The summed E-state index contributed by atoms with van der Waals surface area (Å²) in [6.45, 7) is 3.63. The third kappa shape index (κ3) is 0.878. The van der Waals surface area contributed by atoms with E-state index in [1.54, 1.807) is 0 Å². The van der Waals surface area contributed by atoms with Crippen molar-refractivity contribution < 1.29 is 8.83 Å². The van der Waals surface area contributed by atoms with Crippen molar-refractivity contribution in [2.45, 2.75) is 13.8 Å². The predicted molar refractivity (Wildman–Crippen MR) is 51.1 cm³/mol. The van der Waals surface area contributed by atoms with Crippen LogP contribution in [-0.4, -0.2) is 9.97 Å². The van der Waals surface area contributed by atoms with Gasteiger partial charge in [-0.1, -0.05) is 0 Å². The van der Waals surface area contributed by atoms with Gasteiger partial charge in [0.25, 0.3) is 0 Å². The van der Waals surface area contributed by atoms with Gasteiger partial charge in [-0.25, -0.2) is 9.97 Å². The minimum atomic E-state index is 0.640. The Kier molecular flexibility index (Phi) is 1.27. The van der Waals surface area contributed by atoms with Gasteiger partial charge in [-0.2, -0.15) is 0 Å². The van der Waals surface area contributed by atoms with Crippen molar-refractivity contribution in [1.29, 1.82) is 0 Å². The first-order chi connectivity index (χ1) is 6.74. The Morgan fingerprint density at radius 2 is 1.79 bits per heavy atom. The Labute approximate surface area is 79.6 Å². The lowest BCUT2D eigenvalue weighted by Gasteiger charge is -1.85. The molecule has 2 heterocycles. The van der Waals surface area contributed by atoms with E-state index in [1.165, 1.54) is 0 Å². The summed E-state index contributed by atoms with van der Waals surface area (Å²) in [6.07, 6.45) is 0. The zero-order valence-electron chi connectivity index (χ0n) is 7.87. The van der Waals surface area contributed by atoms with E-state index < -0.39 is 0 Å². The summed E-state index contributed by atoms with van der Waals surface area (Å²) >= 11 is 0. The van der Waals surface area contributed by atoms with Crippen LogP contribution in [0.1, 0.15) is 11.8 Å². The fourth-order valence-electron chi connectivity index (χ4n) is 1.60. The quantitative estimate of drug-likeness (QED) is 0.544. The molecule has 14 heavy (non-hydrogen) atoms. The predicted octanol–water partition coefficient (Wildman–Crippen LogP) is 2.59. The molecule has 0 saturated heterocycles. The number of hydrogen-bond acceptors (Lipinski definition) is 4. The molecule has 0 aliphatic heterocycles. The summed E-state index contributed by atoms with van der Waals surface area (Å²) in [6, 6.07) is 3.73. The van der Waals surface area contributed by atoms with Crippen LogP contribution in [0, 0.1) is 13.8 Å². The van der Waals surface area contributed by atoms with Gasteiger partial charge in [0.15, 0.2) is 28.5 Å². The summed E-state index contributed by atoms with van der Waals surface area (Å²) in [7, 11) is 0. The monoisotopic (exact) mass is 188 g/mol. The highest BCUT2D eigenvalue weighted by Crippen LogP contribution is 2.25. The number of hydrogen-bond donors (Lipinski definition) is 0. The third-order valence-electron chi connectivity index (χ3n) is 2.13. The fraction of sp³-hybridized carbons (Fsp3) is 0.200. The lowest BCUT2D eigenvalue weighted by molar-refractivity contribution is 0.561. The number of rotatable bonds is 0. The van der Waals surface area contributed by atoms with E-state index >= 15 is 0 Å². The number of fused-ring (bicyclic) bond motifs is 3. The first kappa shape index (κ1) is 7.55. The molecule has 2 aromatic heterocycles. The molecule has 0 atom stereocenters. The van der Waals surface area contributed by atoms with Crippen molar-refractivity contribution in [3.63, 3.8) is 0 Å². The standard InChI is InChI=1S/C10H8N2O2/c1-5-11-7-3-4-8-9(10(7)14-5)12-6(2)13-8/h3-4H,1-2H3. The van der Waals surface area contributed by atoms with Crippen molar-refractivity contribution in [1.82, 2.24) is 9.97 Å². The van der Waals surface area contributed by atoms with Crippen LogP contribution in [0.3, 0.4) is 0 Å². The number of nitrogens with zero attached hydrogens (tertiary/aromatic N) is 2. The Morgan fingerprint density at radius 3 is 2.64 bits per heavy atom. The van der Waals surface area contributed by atoms with Gasteiger partial charge in [-0.05, 0) is 12.1 Å². The van der Waals surface area contributed by atoms with E-state index in [1.807, 2.05) is 26.0 Å². The van der Waals surface area contributed by atoms with Crippen molar-refractivity contribution in [3.8, 4) is 0 Å². The Hall–Kier alpha value is -1.84. The number of aromatic nitrogens is 2. The summed E-state index contributed by atoms with van der Waals surface area (Å²) in [5, 5.41) is 0. The second kappa shape index (κ2) is 2.35. The van der Waals surface area contributed by atoms with Crippen LogP contribution in [-0.2, 0) is 0 Å². The molecule has 0 radical (unpaired) electrons. The zero-order valence-corrected chi connectivity index (χ0v) is 7.87. The normalized spacial score (nSPS) is 11.6. The summed E-state index contributed by atoms with van der Waals surface area (Å²) in [4.78, 5) is 8.48. The smallest absolute Gasteiger partial charge is 0.192 e. The average molecular weight is 188 g/mol. The highest BCUT2D eigenvalue weighted by molar-refractivity contribution is 5.97. The molecule has 4 nitrogen and oxygen atoms in total. The van der Waals surface area contributed by atoms with Crippen LogP contribution in [0.15, 0.2) is 21.0 Å². The minimum absolute atomic E-state index is 0.640. The zero-order chi connectivity index (χ0) is 9.71. The SMILES string of the molecule is Cc1nc2c(ccc3nc(C)oc32)o1. The molecule has 0 unspecified atom stereocenters. The first-order valence-electron chi connectivity index (χ1n) is 4.37. The van der Waals surface area contributed by atoms with E-state index in [-0.39, 0.29) is 0 Å². The van der Waals surface area contributed by atoms with E-state index in [0.29, 0.717) is 17.4 Å².